The van der Waals surface area contributed by atoms with Crippen LogP contribution < -0.4 is 0 Å². The molecule has 106 valence electrons. The van der Waals surface area contributed by atoms with E-state index in [1.165, 1.54) is 25.3 Å². The molecule has 0 radical (unpaired) electrons. The lowest BCUT2D eigenvalue weighted by atomic mass is 9.97. The molecule has 0 saturated carbocycles. The normalized spacial score (nSPS) is 13.2. The zero-order valence-electron chi connectivity index (χ0n) is 10.4. The molecular weight excluding hydrogens is 273 g/mol. The lowest BCUT2D eigenvalue weighted by Gasteiger charge is -2.10. The first kappa shape index (κ1) is 14.1. The maximum atomic E-state index is 12.7. The van der Waals surface area contributed by atoms with E-state index in [1.807, 2.05) is 0 Å². The Labute approximate surface area is 112 Å². The molecule has 7 heteroatoms. The highest BCUT2D eigenvalue weighted by atomic mass is 19.4. The smallest absolute Gasteiger partial charge is 0.416 e. The zero-order chi connectivity index (χ0) is 14.9. The molecule has 0 aliphatic carbocycles. The molecule has 4 nitrogen and oxygen atoms in total. The Kier molecular flexibility index (Phi) is 3.52. The summed E-state index contributed by atoms with van der Waals surface area (Å²) in [5.74, 6) is -1.93. The molecule has 1 heterocycles. The summed E-state index contributed by atoms with van der Waals surface area (Å²) >= 11 is 0. The summed E-state index contributed by atoms with van der Waals surface area (Å²) in [4.78, 5) is 11.0. The van der Waals surface area contributed by atoms with Gasteiger partial charge in [-0.25, -0.2) is 0 Å². The molecule has 2 N–H and O–H groups in total. The number of aromatic nitrogens is 2. The van der Waals surface area contributed by atoms with Crippen LogP contribution in [0.4, 0.5) is 13.2 Å². The molecule has 1 unspecified atom stereocenters. The first-order chi connectivity index (χ1) is 9.30. The molecule has 0 aliphatic heterocycles. The minimum absolute atomic E-state index is 0.250. The maximum absolute atomic E-state index is 12.7. The number of aromatic amines is 1. The van der Waals surface area contributed by atoms with Gasteiger partial charge in [0.05, 0.1) is 23.4 Å². The Morgan fingerprint density at radius 3 is 2.70 bits per heavy atom. The largest absolute Gasteiger partial charge is 0.481 e. The van der Waals surface area contributed by atoms with Crippen molar-refractivity contribution in [3.63, 3.8) is 0 Å². The van der Waals surface area contributed by atoms with E-state index in [9.17, 15) is 18.0 Å². The number of H-pyrrole nitrogens is 1. The fourth-order valence-corrected chi connectivity index (χ4v) is 1.84. The lowest BCUT2D eigenvalue weighted by molar-refractivity contribution is -0.139. The van der Waals surface area contributed by atoms with Crippen LogP contribution in [0.25, 0.3) is 11.3 Å². The van der Waals surface area contributed by atoms with Gasteiger partial charge in [-0.2, -0.15) is 18.3 Å². The maximum Gasteiger partial charge on any atom is 0.416 e. The van der Waals surface area contributed by atoms with E-state index in [2.05, 4.69) is 10.2 Å². The van der Waals surface area contributed by atoms with Gasteiger partial charge in [0.25, 0.3) is 0 Å². The quantitative estimate of drug-likeness (QED) is 0.909. The Bertz CT molecular complexity index is 635. The molecule has 1 atom stereocenters. The van der Waals surface area contributed by atoms with Crippen LogP contribution >= 0.6 is 0 Å². The summed E-state index contributed by atoms with van der Waals surface area (Å²) < 4.78 is 38.0. The van der Waals surface area contributed by atoms with E-state index in [4.69, 9.17) is 5.11 Å². The Hall–Kier alpha value is -2.31. The van der Waals surface area contributed by atoms with Crippen LogP contribution in [0.15, 0.2) is 30.5 Å². The molecular formula is C13H11F3N2O2. The highest BCUT2D eigenvalue weighted by Gasteiger charge is 2.31. The van der Waals surface area contributed by atoms with E-state index < -0.39 is 23.6 Å². The van der Waals surface area contributed by atoms with Gasteiger partial charge in [-0.15, -0.1) is 0 Å². The number of alkyl halides is 3. The van der Waals surface area contributed by atoms with Crippen molar-refractivity contribution >= 4 is 5.97 Å². The number of carbonyl (C=O) groups is 1. The van der Waals surface area contributed by atoms with Crippen LogP contribution in [0.5, 0.6) is 0 Å². The monoisotopic (exact) mass is 284 g/mol. The van der Waals surface area contributed by atoms with Crippen LogP contribution in [-0.2, 0) is 11.0 Å². The molecule has 1 aromatic heterocycles. The molecule has 20 heavy (non-hydrogen) atoms. The van der Waals surface area contributed by atoms with Crippen molar-refractivity contribution in [1.29, 1.82) is 0 Å². The van der Waals surface area contributed by atoms with Crippen molar-refractivity contribution in [2.24, 2.45) is 0 Å². The van der Waals surface area contributed by atoms with Crippen molar-refractivity contribution in [3.8, 4) is 11.3 Å². The van der Waals surface area contributed by atoms with Crippen LogP contribution in [0, 0.1) is 0 Å². The summed E-state index contributed by atoms with van der Waals surface area (Å²) in [5.41, 5.74) is 0.0850. The van der Waals surface area contributed by atoms with E-state index in [1.54, 1.807) is 0 Å². The molecule has 0 aliphatic rings. The summed E-state index contributed by atoms with van der Waals surface area (Å²) in [5, 5.41) is 15.3. The highest BCUT2D eigenvalue weighted by molar-refractivity contribution is 5.79. The Balaban J connectivity index is 2.48. The Morgan fingerprint density at radius 2 is 2.10 bits per heavy atom. The molecule has 0 bridgehead atoms. The number of nitrogens with zero attached hydrogens (tertiary/aromatic N) is 1. The average Bonchev–Trinajstić information content (AvgIpc) is 2.86. The Morgan fingerprint density at radius 1 is 1.40 bits per heavy atom. The van der Waals surface area contributed by atoms with Gasteiger partial charge in [-0.05, 0) is 19.1 Å². The lowest BCUT2D eigenvalue weighted by Crippen LogP contribution is -2.08. The third-order valence-corrected chi connectivity index (χ3v) is 2.98. The first-order valence-corrected chi connectivity index (χ1v) is 5.74. The van der Waals surface area contributed by atoms with Crippen molar-refractivity contribution in [2.75, 3.05) is 0 Å². The van der Waals surface area contributed by atoms with Crippen LogP contribution in [0.2, 0.25) is 0 Å². The van der Waals surface area contributed by atoms with Crippen molar-refractivity contribution in [2.45, 2.75) is 19.0 Å². The van der Waals surface area contributed by atoms with Gasteiger partial charge in [0.1, 0.15) is 0 Å². The zero-order valence-corrected chi connectivity index (χ0v) is 10.4. The van der Waals surface area contributed by atoms with E-state index in [0.717, 1.165) is 12.1 Å². The number of benzene rings is 1. The highest BCUT2D eigenvalue weighted by Crippen LogP contribution is 2.33. The van der Waals surface area contributed by atoms with Crippen molar-refractivity contribution < 1.29 is 23.1 Å². The summed E-state index contributed by atoms with van der Waals surface area (Å²) in [6.45, 7) is 1.45. The number of hydrogen-bond donors (Lipinski definition) is 2. The van der Waals surface area contributed by atoms with Gasteiger partial charge in [-0.1, -0.05) is 12.1 Å². The van der Waals surface area contributed by atoms with E-state index in [0.29, 0.717) is 5.56 Å². The van der Waals surface area contributed by atoms with Crippen molar-refractivity contribution in [1.82, 2.24) is 10.2 Å². The van der Waals surface area contributed by atoms with Crippen molar-refractivity contribution in [3.05, 3.63) is 41.6 Å². The summed E-state index contributed by atoms with van der Waals surface area (Å²) in [6.07, 6.45) is -3.14. The second-order valence-electron chi connectivity index (χ2n) is 4.34. The van der Waals surface area contributed by atoms with Gasteiger partial charge in [0.2, 0.25) is 0 Å². The molecule has 1 aromatic carbocycles. The van der Waals surface area contributed by atoms with Gasteiger partial charge >= 0.3 is 12.1 Å². The van der Waals surface area contributed by atoms with E-state index >= 15 is 0 Å². The fourth-order valence-electron chi connectivity index (χ4n) is 1.84. The molecule has 0 amide bonds. The predicted octanol–water partition coefficient (Wildman–Crippen LogP) is 3.28. The second kappa shape index (κ2) is 4.99. The summed E-state index contributed by atoms with van der Waals surface area (Å²) in [6, 6.07) is 4.67. The van der Waals surface area contributed by atoms with E-state index in [-0.39, 0.29) is 11.3 Å². The number of halogens is 3. The topological polar surface area (TPSA) is 66.0 Å². The molecule has 2 aromatic rings. The third kappa shape index (κ3) is 2.66. The van der Waals surface area contributed by atoms with Crippen LogP contribution in [-0.4, -0.2) is 21.3 Å². The second-order valence-corrected chi connectivity index (χ2v) is 4.34. The number of hydrogen-bond acceptors (Lipinski definition) is 2. The van der Waals surface area contributed by atoms with Gasteiger partial charge in [0.15, 0.2) is 0 Å². The number of rotatable bonds is 3. The average molecular weight is 284 g/mol. The summed E-state index contributed by atoms with van der Waals surface area (Å²) in [7, 11) is 0. The number of aliphatic carboxylic acids is 1. The third-order valence-electron chi connectivity index (χ3n) is 2.98. The number of carboxylic acids is 1. The predicted molar refractivity (Wildman–Crippen MR) is 65.1 cm³/mol. The minimum Gasteiger partial charge on any atom is -0.481 e. The molecule has 0 saturated heterocycles. The number of carboxylic acid groups (broad SMARTS) is 1. The molecule has 0 spiro atoms. The standard InChI is InChI=1S/C13H11F3N2O2/c1-7(12(19)20)10-6-17-18-11(10)8-3-2-4-9(5-8)13(14,15)16/h2-7H,1H3,(H,17,18)(H,19,20). The fraction of sp³-hybridized carbons (Fsp3) is 0.231. The van der Waals surface area contributed by atoms with Gasteiger partial charge in [0, 0.05) is 11.1 Å². The number of nitrogens with one attached hydrogen (secondary N) is 1. The first-order valence-electron chi connectivity index (χ1n) is 5.74. The van der Waals surface area contributed by atoms with Gasteiger partial charge in [-0.3, -0.25) is 9.89 Å². The molecule has 2 rings (SSSR count). The van der Waals surface area contributed by atoms with Crippen LogP contribution in [0.1, 0.15) is 24.0 Å². The van der Waals surface area contributed by atoms with Crippen LogP contribution in [0.3, 0.4) is 0 Å². The minimum atomic E-state index is -4.45. The van der Waals surface area contributed by atoms with Gasteiger partial charge < -0.3 is 5.11 Å². The SMILES string of the molecule is CC(C(=O)O)c1cn[nH]c1-c1cccc(C(F)(F)F)c1. The molecule has 0 fully saturated rings.